The van der Waals surface area contributed by atoms with E-state index in [2.05, 4.69) is 5.16 Å². The fraction of sp³-hybridized carbons (Fsp3) is 0.643. The van der Waals surface area contributed by atoms with Gasteiger partial charge in [-0.25, -0.2) is 0 Å². The van der Waals surface area contributed by atoms with Crippen LogP contribution >= 0.6 is 0 Å². The van der Waals surface area contributed by atoms with Crippen LogP contribution in [0.4, 0.5) is 8.78 Å². The lowest BCUT2D eigenvalue weighted by molar-refractivity contribution is -0.231. The van der Waals surface area contributed by atoms with Crippen LogP contribution < -0.4 is 14.2 Å². The predicted molar refractivity (Wildman–Crippen MR) is 135 cm³/mol. The maximum Gasteiger partial charge on any atom is 0.352 e. The third-order valence-corrected chi connectivity index (χ3v) is 7.52. The van der Waals surface area contributed by atoms with Gasteiger partial charge in [0.2, 0.25) is 0 Å². The van der Waals surface area contributed by atoms with Crippen LogP contribution in [0.15, 0.2) is 28.8 Å². The van der Waals surface area contributed by atoms with E-state index >= 15 is 8.78 Å². The molecule has 1 N–H and O–H groups in total. The van der Waals surface area contributed by atoms with Crippen molar-refractivity contribution < 1.29 is 37.4 Å². The average molecular weight is 537 g/mol. The fourth-order valence-corrected chi connectivity index (χ4v) is 6.60. The molecule has 1 saturated heterocycles. The first-order valence-electron chi connectivity index (χ1n) is 12.9. The minimum absolute atomic E-state index is 0.0449. The van der Waals surface area contributed by atoms with E-state index in [9.17, 15) is 9.90 Å². The lowest BCUT2D eigenvalue weighted by Crippen LogP contribution is -2.62. The summed E-state index contributed by atoms with van der Waals surface area (Å²) in [7, 11) is 3.07. The molecule has 38 heavy (non-hydrogen) atoms. The molecule has 1 aliphatic heterocycles. The minimum atomic E-state index is -3.94. The van der Waals surface area contributed by atoms with Gasteiger partial charge in [-0.05, 0) is 55.1 Å². The van der Waals surface area contributed by atoms with Crippen LogP contribution in [0.5, 0.6) is 17.2 Å². The molecule has 210 valence electrons. The Balaban J connectivity index is 1.48. The fourth-order valence-electron chi connectivity index (χ4n) is 6.60. The molecule has 2 fully saturated rings. The van der Waals surface area contributed by atoms with Crippen LogP contribution in [-0.4, -0.2) is 53.4 Å². The van der Waals surface area contributed by atoms with Gasteiger partial charge >= 0.3 is 5.92 Å². The Labute approximate surface area is 222 Å². The zero-order valence-electron chi connectivity index (χ0n) is 23.0. The molecule has 0 spiro atoms. The molecule has 4 rings (SSSR count). The molecule has 1 aromatic carbocycles. The van der Waals surface area contributed by atoms with Gasteiger partial charge in [-0.3, -0.25) is 4.79 Å². The first kappa shape index (κ1) is 28.1. The van der Waals surface area contributed by atoms with Crippen LogP contribution in [0.2, 0.25) is 0 Å². The van der Waals surface area contributed by atoms with Gasteiger partial charge in [0.05, 0.1) is 20.3 Å². The zero-order valence-corrected chi connectivity index (χ0v) is 23.0. The van der Waals surface area contributed by atoms with E-state index < -0.39 is 34.3 Å². The van der Waals surface area contributed by atoms with Gasteiger partial charge in [-0.1, -0.05) is 32.9 Å². The van der Waals surface area contributed by atoms with Crippen LogP contribution in [0.25, 0.3) is 0 Å². The number of aromatic nitrogens is 1. The summed E-state index contributed by atoms with van der Waals surface area (Å²) in [6.07, 6.45) is 1.41. The minimum Gasteiger partial charge on any atom is -0.493 e. The van der Waals surface area contributed by atoms with Gasteiger partial charge in [0, 0.05) is 18.7 Å². The standard InChI is InChI=1S/C28H38F2N2O6/c1-25(2)15-26(3,4)17-27(34,16-25)28(29,30)24(33)32-11-7-8-21(32)20-12-19(38-31-20)14-37-18-9-10-22(35-5)23(13-18)36-6/h9-10,12-13,21,34H,7-8,11,14-17H2,1-6H3. The molecular formula is C28H38F2N2O6. The summed E-state index contributed by atoms with van der Waals surface area (Å²) in [5.41, 5.74) is -3.10. The second-order valence-corrected chi connectivity index (χ2v) is 12.1. The Morgan fingerprint density at radius 2 is 1.76 bits per heavy atom. The Morgan fingerprint density at radius 1 is 1.11 bits per heavy atom. The van der Waals surface area contributed by atoms with E-state index in [0.717, 1.165) is 4.90 Å². The molecule has 0 radical (unpaired) electrons. The first-order chi connectivity index (χ1) is 17.7. The summed E-state index contributed by atoms with van der Waals surface area (Å²) < 4.78 is 53.3. The molecule has 1 aliphatic carbocycles. The smallest absolute Gasteiger partial charge is 0.352 e. The third kappa shape index (κ3) is 5.46. The summed E-state index contributed by atoms with van der Waals surface area (Å²) in [5, 5.41) is 15.3. The molecule has 2 aliphatic rings. The largest absolute Gasteiger partial charge is 0.493 e. The predicted octanol–water partition coefficient (Wildman–Crippen LogP) is 5.54. The van der Waals surface area contributed by atoms with Crippen molar-refractivity contribution in [3.8, 4) is 17.2 Å². The molecular weight excluding hydrogens is 498 g/mol. The lowest BCUT2D eigenvalue weighted by Gasteiger charge is -2.51. The van der Waals surface area contributed by atoms with Crippen LogP contribution in [0, 0.1) is 10.8 Å². The van der Waals surface area contributed by atoms with Gasteiger partial charge in [-0.2, -0.15) is 8.78 Å². The molecule has 1 aromatic heterocycles. The molecule has 1 atom stereocenters. The monoisotopic (exact) mass is 536 g/mol. The number of carbonyl (C=O) groups excluding carboxylic acids is 1. The van der Waals surface area contributed by atoms with Crippen LogP contribution in [0.3, 0.4) is 0 Å². The van der Waals surface area contributed by atoms with E-state index in [1.807, 2.05) is 27.7 Å². The molecule has 2 heterocycles. The quantitative estimate of drug-likeness (QED) is 0.474. The maximum atomic E-state index is 15.8. The summed E-state index contributed by atoms with van der Waals surface area (Å²) in [4.78, 5) is 14.5. The number of carbonyl (C=O) groups is 1. The van der Waals surface area contributed by atoms with Gasteiger partial charge < -0.3 is 28.7 Å². The number of ether oxygens (including phenoxy) is 3. The molecule has 1 unspecified atom stereocenters. The van der Waals surface area contributed by atoms with Crippen molar-refractivity contribution in [2.75, 3.05) is 20.8 Å². The molecule has 0 bridgehead atoms. The number of benzene rings is 1. The summed E-state index contributed by atoms with van der Waals surface area (Å²) >= 11 is 0. The Hall–Kier alpha value is -2.88. The van der Waals surface area contributed by atoms with Gasteiger partial charge in [0.1, 0.15) is 23.7 Å². The van der Waals surface area contributed by atoms with Crippen molar-refractivity contribution in [1.82, 2.24) is 10.1 Å². The molecule has 1 saturated carbocycles. The van der Waals surface area contributed by atoms with Crippen LogP contribution in [0.1, 0.15) is 77.3 Å². The highest BCUT2D eigenvalue weighted by molar-refractivity contribution is 5.85. The molecule has 8 nitrogen and oxygen atoms in total. The van der Waals surface area contributed by atoms with Gasteiger partial charge in [-0.15, -0.1) is 0 Å². The van der Waals surface area contributed by atoms with Crippen molar-refractivity contribution in [3.63, 3.8) is 0 Å². The number of amides is 1. The maximum absolute atomic E-state index is 15.8. The topological polar surface area (TPSA) is 94.3 Å². The Morgan fingerprint density at radius 3 is 2.39 bits per heavy atom. The van der Waals surface area contributed by atoms with E-state index in [1.165, 1.54) is 7.11 Å². The Bertz CT molecular complexity index is 1150. The van der Waals surface area contributed by atoms with Gasteiger partial charge in [0.15, 0.2) is 17.3 Å². The summed E-state index contributed by atoms with van der Waals surface area (Å²) in [5.74, 6) is -3.32. The van der Waals surface area contributed by atoms with Gasteiger partial charge in [0.25, 0.3) is 5.91 Å². The lowest BCUT2D eigenvalue weighted by atomic mass is 9.58. The highest BCUT2D eigenvalue weighted by Crippen LogP contribution is 2.55. The van der Waals surface area contributed by atoms with E-state index in [0.29, 0.717) is 48.0 Å². The van der Waals surface area contributed by atoms with E-state index in [-0.39, 0.29) is 26.0 Å². The summed E-state index contributed by atoms with van der Waals surface area (Å²) in [6.45, 7) is 7.64. The van der Waals surface area contributed by atoms with E-state index in [1.54, 1.807) is 31.4 Å². The van der Waals surface area contributed by atoms with Crippen molar-refractivity contribution in [2.45, 2.75) is 84.0 Å². The van der Waals surface area contributed by atoms with Crippen LogP contribution in [-0.2, 0) is 11.4 Å². The number of rotatable bonds is 8. The normalized spacial score (nSPS) is 22.2. The number of alkyl halides is 2. The highest BCUT2D eigenvalue weighted by Gasteiger charge is 2.65. The third-order valence-electron chi connectivity index (χ3n) is 7.52. The molecule has 2 aromatic rings. The number of nitrogens with zero attached hydrogens (tertiary/aromatic N) is 2. The summed E-state index contributed by atoms with van der Waals surface area (Å²) in [6, 6.07) is 6.06. The second-order valence-electron chi connectivity index (χ2n) is 12.1. The second kappa shape index (κ2) is 10.0. The Kier molecular flexibility index (Phi) is 7.42. The average Bonchev–Trinajstić information content (AvgIpc) is 3.49. The number of halogens is 2. The van der Waals surface area contributed by atoms with Crippen molar-refractivity contribution in [2.24, 2.45) is 10.8 Å². The van der Waals surface area contributed by atoms with E-state index in [4.69, 9.17) is 18.7 Å². The number of hydrogen-bond donors (Lipinski definition) is 1. The van der Waals surface area contributed by atoms with Crippen molar-refractivity contribution in [1.29, 1.82) is 0 Å². The first-order valence-corrected chi connectivity index (χ1v) is 12.9. The SMILES string of the molecule is COc1ccc(OCc2cc(C3CCCN3C(=O)C(F)(F)C3(O)CC(C)(C)CC(C)(C)C3)no2)cc1OC. The highest BCUT2D eigenvalue weighted by atomic mass is 19.3. The number of likely N-dealkylation sites (tertiary alicyclic amines) is 1. The molecule has 10 heteroatoms. The number of methoxy groups -OCH3 is 2. The number of hydrogen-bond acceptors (Lipinski definition) is 7. The number of aliphatic hydroxyl groups is 1. The molecule has 1 amide bonds. The van der Waals surface area contributed by atoms with Crippen molar-refractivity contribution in [3.05, 3.63) is 35.7 Å². The zero-order chi connectivity index (χ0) is 27.9. The van der Waals surface area contributed by atoms with Crippen molar-refractivity contribution >= 4 is 5.91 Å².